The van der Waals surface area contributed by atoms with Crippen LogP contribution in [0.2, 0.25) is 0 Å². The molecule has 0 atom stereocenters. The summed E-state index contributed by atoms with van der Waals surface area (Å²) in [6, 6.07) is 0.118. The predicted molar refractivity (Wildman–Crippen MR) is 84.7 cm³/mol. The minimum Gasteiger partial charge on any atom is -0.369 e. The van der Waals surface area contributed by atoms with Crippen molar-refractivity contribution < 1.29 is 9.59 Å². The Bertz CT molecular complexity index is 568. The van der Waals surface area contributed by atoms with Crippen molar-refractivity contribution >= 4 is 28.4 Å². The molecule has 2 heterocycles. The summed E-state index contributed by atoms with van der Waals surface area (Å²) in [4.78, 5) is 30.6. The van der Waals surface area contributed by atoms with E-state index >= 15 is 0 Å². The zero-order chi connectivity index (χ0) is 15.5. The van der Waals surface area contributed by atoms with Gasteiger partial charge in [0.2, 0.25) is 5.91 Å². The van der Waals surface area contributed by atoms with Gasteiger partial charge in [-0.2, -0.15) is 0 Å². The number of anilines is 1. The van der Waals surface area contributed by atoms with Crippen LogP contribution in [-0.4, -0.2) is 41.0 Å². The molecule has 120 valence electrons. The molecule has 1 saturated carbocycles. The van der Waals surface area contributed by atoms with Gasteiger partial charge in [0.15, 0.2) is 5.13 Å². The number of thiazole rings is 1. The number of carbonyl (C=O) groups excluding carboxylic acids is 2. The van der Waals surface area contributed by atoms with E-state index in [1.165, 1.54) is 24.2 Å². The number of hydrogen-bond donors (Lipinski definition) is 3. The molecule has 1 aliphatic heterocycles. The van der Waals surface area contributed by atoms with Crippen LogP contribution < -0.4 is 16.4 Å². The van der Waals surface area contributed by atoms with E-state index in [1.807, 2.05) is 4.90 Å². The number of nitrogens with zero attached hydrogens (tertiary/aromatic N) is 2. The van der Waals surface area contributed by atoms with Gasteiger partial charge in [0, 0.05) is 30.4 Å². The number of rotatable bonds is 4. The number of hydrogen-bond acceptors (Lipinski definition) is 5. The minimum atomic E-state index is -0.317. The standard InChI is InChI=1S/C14H21N5O2S/c15-12(20)8-19-6-5-10-11(7-19)22-14(17-10)18-13(21)16-9-3-1-2-4-9/h9H,1-8H2,(H2,15,20)(H2,16,17,18,21). The predicted octanol–water partition coefficient (Wildman–Crippen LogP) is 1.05. The molecule has 4 N–H and O–H groups in total. The normalized spacial score (nSPS) is 18.9. The van der Waals surface area contributed by atoms with Crippen molar-refractivity contribution in [2.45, 2.75) is 44.7 Å². The van der Waals surface area contributed by atoms with Crippen LogP contribution in [0.15, 0.2) is 0 Å². The number of nitrogens with one attached hydrogen (secondary N) is 2. The molecule has 2 aliphatic rings. The number of amides is 3. The fourth-order valence-corrected chi connectivity index (χ4v) is 4.09. The van der Waals surface area contributed by atoms with Gasteiger partial charge in [-0.1, -0.05) is 12.8 Å². The highest BCUT2D eigenvalue weighted by Crippen LogP contribution is 2.28. The van der Waals surface area contributed by atoms with Crippen LogP contribution in [0.1, 0.15) is 36.3 Å². The van der Waals surface area contributed by atoms with Crippen molar-refractivity contribution in [2.24, 2.45) is 5.73 Å². The molecule has 0 bridgehead atoms. The zero-order valence-corrected chi connectivity index (χ0v) is 13.2. The molecule has 0 unspecified atom stereocenters. The maximum Gasteiger partial charge on any atom is 0.321 e. The summed E-state index contributed by atoms with van der Waals surface area (Å²) in [5.41, 5.74) is 6.25. The van der Waals surface area contributed by atoms with Crippen molar-refractivity contribution in [3.63, 3.8) is 0 Å². The largest absolute Gasteiger partial charge is 0.369 e. The fraction of sp³-hybridized carbons (Fsp3) is 0.643. The average Bonchev–Trinajstić information content (AvgIpc) is 3.06. The first kappa shape index (κ1) is 15.2. The zero-order valence-electron chi connectivity index (χ0n) is 12.4. The number of aromatic nitrogens is 1. The smallest absolute Gasteiger partial charge is 0.321 e. The van der Waals surface area contributed by atoms with Gasteiger partial charge >= 0.3 is 6.03 Å². The van der Waals surface area contributed by atoms with Crippen molar-refractivity contribution in [3.05, 3.63) is 10.6 Å². The molecule has 0 spiro atoms. The van der Waals surface area contributed by atoms with Crippen LogP contribution in [0.5, 0.6) is 0 Å². The summed E-state index contributed by atoms with van der Waals surface area (Å²) < 4.78 is 0. The number of urea groups is 1. The third-order valence-electron chi connectivity index (χ3n) is 4.10. The first-order valence-electron chi connectivity index (χ1n) is 7.67. The van der Waals surface area contributed by atoms with E-state index in [0.29, 0.717) is 17.7 Å². The lowest BCUT2D eigenvalue weighted by atomic mass is 10.2. The van der Waals surface area contributed by atoms with Crippen molar-refractivity contribution in [3.8, 4) is 0 Å². The Morgan fingerprint density at radius 3 is 2.86 bits per heavy atom. The van der Waals surface area contributed by atoms with Crippen LogP contribution in [-0.2, 0) is 17.8 Å². The molecule has 0 saturated heterocycles. The number of primary amides is 1. The summed E-state index contributed by atoms with van der Waals surface area (Å²) in [5.74, 6) is -0.317. The average molecular weight is 323 g/mol. The molecule has 0 radical (unpaired) electrons. The Labute approximate surface area is 133 Å². The third-order valence-corrected chi connectivity index (χ3v) is 5.10. The van der Waals surface area contributed by atoms with Gasteiger partial charge in [-0.05, 0) is 12.8 Å². The lowest BCUT2D eigenvalue weighted by molar-refractivity contribution is -0.119. The molecule has 1 aliphatic carbocycles. The van der Waals surface area contributed by atoms with E-state index < -0.39 is 0 Å². The van der Waals surface area contributed by atoms with Crippen molar-refractivity contribution in [1.29, 1.82) is 0 Å². The minimum absolute atomic E-state index is 0.174. The molecular formula is C14H21N5O2S. The van der Waals surface area contributed by atoms with E-state index in [-0.39, 0.29) is 18.5 Å². The van der Waals surface area contributed by atoms with Gasteiger partial charge in [0.25, 0.3) is 0 Å². The SMILES string of the molecule is NC(=O)CN1CCc2nc(NC(=O)NC3CCCC3)sc2C1. The molecule has 1 fully saturated rings. The Kier molecular flexibility index (Phi) is 4.58. The third kappa shape index (κ3) is 3.75. The molecule has 3 rings (SSSR count). The lowest BCUT2D eigenvalue weighted by Crippen LogP contribution is -2.37. The molecule has 8 heteroatoms. The number of fused-ring (bicyclic) bond motifs is 1. The van der Waals surface area contributed by atoms with Gasteiger partial charge in [0.05, 0.1) is 12.2 Å². The summed E-state index contributed by atoms with van der Waals surface area (Å²) in [7, 11) is 0. The maximum atomic E-state index is 12.0. The molecule has 1 aromatic rings. The van der Waals surface area contributed by atoms with Gasteiger partial charge in [0.1, 0.15) is 0 Å². The van der Waals surface area contributed by atoms with Gasteiger partial charge in [-0.25, -0.2) is 9.78 Å². The Morgan fingerprint density at radius 1 is 1.36 bits per heavy atom. The molecule has 7 nitrogen and oxygen atoms in total. The van der Waals surface area contributed by atoms with Crippen LogP contribution >= 0.6 is 11.3 Å². The fourth-order valence-electron chi connectivity index (χ4n) is 3.05. The maximum absolute atomic E-state index is 12.0. The van der Waals surface area contributed by atoms with Gasteiger partial charge in [-0.3, -0.25) is 15.0 Å². The van der Waals surface area contributed by atoms with Crippen molar-refractivity contribution in [1.82, 2.24) is 15.2 Å². The molecule has 1 aromatic heterocycles. The second kappa shape index (κ2) is 6.62. The van der Waals surface area contributed by atoms with Gasteiger partial charge in [-0.15, -0.1) is 11.3 Å². The highest BCUT2D eigenvalue weighted by Gasteiger charge is 2.23. The quantitative estimate of drug-likeness (QED) is 0.771. The number of nitrogens with two attached hydrogens (primary N) is 1. The van der Waals surface area contributed by atoms with Crippen LogP contribution in [0, 0.1) is 0 Å². The first-order chi connectivity index (χ1) is 10.6. The second-order valence-corrected chi connectivity index (χ2v) is 6.98. The summed E-state index contributed by atoms with van der Waals surface area (Å²) in [6.45, 7) is 1.71. The van der Waals surface area contributed by atoms with Crippen molar-refractivity contribution in [2.75, 3.05) is 18.4 Å². The molecule has 22 heavy (non-hydrogen) atoms. The van der Waals surface area contributed by atoms with E-state index in [4.69, 9.17) is 5.73 Å². The summed E-state index contributed by atoms with van der Waals surface area (Å²) in [6.07, 6.45) is 5.27. The summed E-state index contributed by atoms with van der Waals surface area (Å²) >= 11 is 1.48. The molecular weight excluding hydrogens is 302 g/mol. The van der Waals surface area contributed by atoms with Crippen LogP contribution in [0.25, 0.3) is 0 Å². The Balaban J connectivity index is 1.56. The summed E-state index contributed by atoms with van der Waals surface area (Å²) in [5, 5.41) is 6.44. The second-order valence-electron chi connectivity index (χ2n) is 5.90. The molecule has 0 aromatic carbocycles. The van der Waals surface area contributed by atoms with Crippen LogP contribution in [0.4, 0.5) is 9.93 Å². The highest BCUT2D eigenvalue weighted by atomic mass is 32.1. The highest BCUT2D eigenvalue weighted by molar-refractivity contribution is 7.15. The van der Waals surface area contributed by atoms with E-state index in [2.05, 4.69) is 15.6 Å². The number of carbonyl (C=O) groups is 2. The first-order valence-corrected chi connectivity index (χ1v) is 8.48. The topological polar surface area (TPSA) is 100 Å². The Hall–Kier alpha value is -1.67. The monoisotopic (exact) mass is 323 g/mol. The van der Waals surface area contributed by atoms with E-state index in [0.717, 1.165) is 36.4 Å². The molecule has 3 amide bonds. The Morgan fingerprint density at radius 2 is 2.14 bits per heavy atom. The van der Waals surface area contributed by atoms with E-state index in [1.54, 1.807) is 0 Å². The van der Waals surface area contributed by atoms with Gasteiger partial charge < -0.3 is 11.1 Å². The van der Waals surface area contributed by atoms with E-state index in [9.17, 15) is 9.59 Å². The van der Waals surface area contributed by atoms with Crippen LogP contribution in [0.3, 0.4) is 0 Å². The lowest BCUT2D eigenvalue weighted by Gasteiger charge is -2.24.